The Morgan fingerprint density at radius 2 is 1.76 bits per heavy atom. The third-order valence-electron chi connectivity index (χ3n) is 3.84. The molecule has 2 unspecified atom stereocenters. The first kappa shape index (κ1) is 15.4. The molecule has 1 heterocycles. The molecule has 0 spiro atoms. The third kappa shape index (κ3) is 2.63. The Morgan fingerprint density at radius 3 is 2.19 bits per heavy atom. The van der Waals surface area contributed by atoms with Gasteiger partial charge in [0.2, 0.25) is 11.7 Å². The molecule has 2 N–H and O–H groups in total. The molecule has 1 aromatic carbocycles. The molecule has 0 saturated carbocycles. The van der Waals surface area contributed by atoms with Crippen LogP contribution >= 0.6 is 0 Å². The minimum atomic E-state index is -0.236. The van der Waals surface area contributed by atoms with Crippen LogP contribution in [0, 0.1) is 0 Å². The van der Waals surface area contributed by atoms with Crippen molar-refractivity contribution in [2.75, 3.05) is 27.9 Å². The zero-order valence-electron chi connectivity index (χ0n) is 12.9. The van der Waals surface area contributed by atoms with Gasteiger partial charge in [0.15, 0.2) is 11.5 Å². The number of hydrogen-bond acceptors (Lipinski definition) is 5. The second-order valence-electron chi connectivity index (χ2n) is 4.95. The number of nitrogens with zero attached hydrogens (tertiary/aromatic N) is 1. The van der Waals surface area contributed by atoms with Crippen LogP contribution < -0.4 is 19.9 Å². The highest BCUT2D eigenvalue weighted by Crippen LogP contribution is 2.42. The minimum Gasteiger partial charge on any atom is -0.493 e. The van der Waals surface area contributed by atoms with Gasteiger partial charge in [-0.05, 0) is 24.6 Å². The van der Waals surface area contributed by atoms with E-state index in [1.807, 2.05) is 19.1 Å². The molecule has 0 bridgehead atoms. The van der Waals surface area contributed by atoms with Crippen LogP contribution in [-0.2, 0) is 4.79 Å². The van der Waals surface area contributed by atoms with E-state index in [1.54, 1.807) is 26.2 Å². The molecule has 0 aliphatic carbocycles. The highest BCUT2D eigenvalue weighted by molar-refractivity contribution is 5.80. The lowest BCUT2D eigenvalue weighted by atomic mass is 9.99. The van der Waals surface area contributed by atoms with Crippen molar-refractivity contribution in [3.63, 3.8) is 0 Å². The van der Waals surface area contributed by atoms with Crippen LogP contribution in [0.25, 0.3) is 0 Å². The summed E-state index contributed by atoms with van der Waals surface area (Å²) in [7, 11) is 4.69. The molecule has 1 amide bonds. The summed E-state index contributed by atoms with van der Waals surface area (Å²) in [4.78, 5) is 13.8. The predicted octanol–water partition coefficient (Wildman–Crippen LogP) is 1.33. The zero-order valence-corrected chi connectivity index (χ0v) is 12.9. The molecule has 1 fully saturated rings. The summed E-state index contributed by atoms with van der Waals surface area (Å²) in [5.74, 6) is 1.73. The van der Waals surface area contributed by atoms with E-state index >= 15 is 0 Å². The van der Waals surface area contributed by atoms with Crippen LogP contribution in [0.5, 0.6) is 17.2 Å². The highest BCUT2D eigenvalue weighted by Gasteiger charge is 2.38. The van der Waals surface area contributed by atoms with Crippen LogP contribution in [0.1, 0.15) is 24.9 Å². The van der Waals surface area contributed by atoms with Gasteiger partial charge in [-0.25, -0.2) is 0 Å². The van der Waals surface area contributed by atoms with Crippen LogP contribution in [-0.4, -0.2) is 44.7 Å². The summed E-state index contributed by atoms with van der Waals surface area (Å²) in [6.07, 6.45) is 0.356. The van der Waals surface area contributed by atoms with Crippen LogP contribution in [0.15, 0.2) is 12.1 Å². The summed E-state index contributed by atoms with van der Waals surface area (Å²) < 4.78 is 16.0. The quantitative estimate of drug-likeness (QED) is 0.887. The average molecular weight is 294 g/mol. The van der Waals surface area contributed by atoms with E-state index < -0.39 is 0 Å². The number of amides is 1. The van der Waals surface area contributed by atoms with E-state index in [2.05, 4.69) is 0 Å². The van der Waals surface area contributed by atoms with Crippen molar-refractivity contribution >= 4 is 5.91 Å². The monoisotopic (exact) mass is 294 g/mol. The Bertz CT molecular complexity index is 507. The predicted molar refractivity (Wildman–Crippen MR) is 78.8 cm³/mol. The minimum absolute atomic E-state index is 0.0729. The number of carbonyl (C=O) groups is 1. The standard InChI is InChI=1S/C15H22N2O4/c1-5-17-13(18)8-10(16)14(17)9-6-11(19-2)15(21-4)12(7-9)20-3/h6-7,10,14H,5,8,16H2,1-4H3. The lowest BCUT2D eigenvalue weighted by Crippen LogP contribution is -2.32. The molecule has 1 saturated heterocycles. The fourth-order valence-electron chi connectivity index (χ4n) is 2.89. The molecule has 2 rings (SSSR count). The Kier molecular flexibility index (Phi) is 4.57. The van der Waals surface area contributed by atoms with Crippen molar-refractivity contribution in [2.24, 2.45) is 5.73 Å². The van der Waals surface area contributed by atoms with E-state index in [-0.39, 0.29) is 18.0 Å². The molecule has 1 aliphatic rings. The topological polar surface area (TPSA) is 74.0 Å². The van der Waals surface area contributed by atoms with E-state index in [0.29, 0.717) is 30.2 Å². The molecular formula is C15H22N2O4. The first-order valence-corrected chi connectivity index (χ1v) is 6.92. The third-order valence-corrected chi connectivity index (χ3v) is 3.84. The first-order valence-electron chi connectivity index (χ1n) is 6.92. The fraction of sp³-hybridized carbons (Fsp3) is 0.533. The van der Waals surface area contributed by atoms with Gasteiger partial charge in [0.1, 0.15) is 0 Å². The summed E-state index contributed by atoms with van der Waals surface area (Å²) >= 11 is 0. The normalized spacial score (nSPS) is 21.6. The van der Waals surface area contributed by atoms with Crippen LogP contribution in [0.3, 0.4) is 0 Å². The molecule has 2 atom stereocenters. The van der Waals surface area contributed by atoms with Gasteiger partial charge in [0, 0.05) is 19.0 Å². The van der Waals surface area contributed by atoms with Gasteiger partial charge < -0.3 is 24.8 Å². The molecule has 0 radical (unpaired) electrons. The Labute approximate surface area is 124 Å². The van der Waals surface area contributed by atoms with Crippen molar-refractivity contribution in [1.82, 2.24) is 4.90 Å². The number of hydrogen-bond donors (Lipinski definition) is 1. The molecule has 0 aromatic heterocycles. The molecule has 116 valence electrons. The number of methoxy groups -OCH3 is 3. The van der Waals surface area contributed by atoms with Crippen LogP contribution in [0.2, 0.25) is 0 Å². The fourth-order valence-corrected chi connectivity index (χ4v) is 2.89. The Morgan fingerprint density at radius 1 is 1.19 bits per heavy atom. The Balaban J connectivity index is 2.50. The van der Waals surface area contributed by atoms with Crippen molar-refractivity contribution in [1.29, 1.82) is 0 Å². The van der Waals surface area contributed by atoms with E-state index in [0.717, 1.165) is 5.56 Å². The van der Waals surface area contributed by atoms with Gasteiger partial charge in [-0.3, -0.25) is 4.79 Å². The number of likely N-dealkylation sites (N-methyl/N-ethyl adjacent to an activating group) is 1. The molecule has 1 aromatic rings. The van der Waals surface area contributed by atoms with Crippen LogP contribution in [0.4, 0.5) is 0 Å². The maximum Gasteiger partial charge on any atom is 0.224 e. The average Bonchev–Trinajstić information content (AvgIpc) is 2.79. The van der Waals surface area contributed by atoms with Gasteiger partial charge >= 0.3 is 0 Å². The van der Waals surface area contributed by atoms with E-state index in [9.17, 15) is 4.79 Å². The lowest BCUT2D eigenvalue weighted by molar-refractivity contribution is -0.128. The second-order valence-corrected chi connectivity index (χ2v) is 4.95. The van der Waals surface area contributed by atoms with Crippen molar-refractivity contribution in [3.8, 4) is 17.2 Å². The van der Waals surface area contributed by atoms with E-state index in [1.165, 1.54) is 0 Å². The summed E-state index contributed by atoms with van der Waals surface area (Å²) in [5, 5.41) is 0. The second kappa shape index (κ2) is 6.22. The largest absolute Gasteiger partial charge is 0.493 e. The maximum absolute atomic E-state index is 12.0. The molecule has 6 heteroatoms. The smallest absolute Gasteiger partial charge is 0.224 e. The number of ether oxygens (including phenoxy) is 3. The number of nitrogens with two attached hydrogens (primary N) is 1. The Hall–Kier alpha value is -1.95. The van der Waals surface area contributed by atoms with Crippen molar-refractivity contribution in [2.45, 2.75) is 25.4 Å². The molecule has 6 nitrogen and oxygen atoms in total. The highest BCUT2D eigenvalue weighted by atomic mass is 16.5. The summed E-state index contributed by atoms with van der Waals surface area (Å²) in [6, 6.07) is 3.30. The lowest BCUT2D eigenvalue weighted by Gasteiger charge is -2.27. The van der Waals surface area contributed by atoms with Crippen molar-refractivity contribution < 1.29 is 19.0 Å². The van der Waals surface area contributed by atoms with Gasteiger partial charge in [-0.15, -0.1) is 0 Å². The SMILES string of the molecule is CCN1C(=O)CC(N)C1c1cc(OC)c(OC)c(OC)c1. The number of likely N-dealkylation sites (tertiary alicyclic amines) is 1. The van der Waals surface area contributed by atoms with Gasteiger partial charge in [-0.2, -0.15) is 0 Å². The first-order chi connectivity index (χ1) is 10.1. The van der Waals surface area contributed by atoms with E-state index in [4.69, 9.17) is 19.9 Å². The summed E-state index contributed by atoms with van der Waals surface area (Å²) in [5.41, 5.74) is 7.04. The number of rotatable bonds is 5. The van der Waals surface area contributed by atoms with Gasteiger partial charge in [-0.1, -0.05) is 0 Å². The molecule has 1 aliphatic heterocycles. The van der Waals surface area contributed by atoms with Crippen molar-refractivity contribution in [3.05, 3.63) is 17.7 Å². The maximum atomic E-state index is 12.0. The number of benzene rings is 1. The number of carbonyl (C=O) groups excluding carboxylic acids is 1. The molecule has 21 heavy (non-hydrogen) atoms. The van der Waals surface area contributed by atoms with Gasteiger partial charge in [0.25, 0.3) is 0 Å². The zero-order chi connectivity index (χ0) is 15.6. The summed E-state index contributed by atoms with van der Waals surface area (Å²) in [6.45, 7) is 2.56. The molecular weight excluding hydrogens is 272 g/mol. The van der Waals surface area contributed by atoms with Gasteiger partial charge in [0.05, 0.1) is 27.4 Å².